The highest BCUT2D eigenvalue weighted by atomic mass is 32.1. The van der Waals surface area contributed by atoms with Gasteiger partial charge in [-0.3, -0.25) is 10.1 Å². The SMILES string of the molecule is COc1cccc(-c2csc(NC(=O)c3nn(C)nc3-c3ccc(F)cc3)n2)n1. The maximum absolute atomic E-state index is 13.2. The molecule has 0 bridgehead atoms. The Morgan fingerprint density at radius 1 is 1.10 bits per heavy atom. The molecule has 0 fully saturated rings. The van der Waals surface area contributed by atoms with Gasteiger partial charge in [0, 0.05) is 24.1 Å². The maximum atomic E-state index is 13.2. The second kappa shape index (κ2) is 7.76. The zero-order valence-electron chi connectivity index (χ0n) is 15.5. The van der Waals surface area contributed by atoms with Gasteiger partial charge in [0.25, 0.3) is 5.91 Å². The summed E-state index contributed by atoms with van der Waals surface area (Å²) in [5, 5.41) is 13.3. The van der Waals surface area contributed by atoms with E-state index in [1.54, 1.807) is 43.8 Å². The zero-order chi connectivity index (χ0) is 20.4. The number of aromatic nitrogens is 5. The third-order valence-corrected chi connectivity index (χ3v) is 4.72. The molecule has 0 aliphatic rings. The number of carbonyl (C=O) groups is 1. The predicted octanol–water partition coefficient (Wildman–Crippen LogP) is 3.40. The number of carbonyl (C=O) groups excluding carboxylic acids is 1. The molecule has 8 nitrogen and oxygen atoms in total. The Bertz CT molecular complexity index is 1170. The van der Waals surface area contributed by atoms with Crippen molar-refractivity contribution >= 4 is 22.4 Å². The summed E-state index contributed by atoms with van der Waals surface area (Å²) >= 11 is 1.26. The Morgan fingerprint density at radius 3 is 2.66 bits per heavy atom. The molecule has 4 aromatic rings. The van der Waals surface area contributed by atoms with Crippen molar-refractivity contribution < 1.29 is 13.9 Å². The molecule has 0 aliphatic heterocycles. The van der Waals surface area contributed by atoms with Crippen molar-refractivity contribution in [1.29, 1.82) is 0 Å². The van der Waals surface area contributed by atoms with E-state index in [1.807, 2.05) is 6.07 Å². The van der Waals surface area contributed by atoms with Crippen molar-refractivity contribution in [2.75, 3.05) is 12.4 Å². The van der Waals surface area contributed by atoms with Gasteiger partial charge in [-0.05, 0) is 30.3 Å². The Kier molecular flexibility index (Phi) is 5.00. The maximum Gasteiger partial charge on any atom is 0.280 e. The van der Waals surface area contributed by atoms with Crippen LogP contribution in [0.5, 0.6) is 5.88 Å². The highest BCUT2D eigenvalue weighted by Crippen LogP contribution is 2.26. The molecule has 4 rings (SSSR count). The number of rotatable bonds is 5. The van der Waals surface area contributed by atoms with Gasteiger partial charge in [0.15, 0.2) is 10.8 Å². The van der Waals surface area contributed by atoms with E-state index >= 15 is 0 Å². The van der Waals surface area contributed by atoms with Crippen molar-refractivity contribution in [2.24, 2.45) is 7.05 Å². The number of hydrogen-bond acceptors (Lipinski definition) is 7. The lowest BCUT2D eigenvalue weighted by Crippen LogP contribution is -2.14. The van der Waals surface area contributed by atoms with Crippen molar-refractivity contribution in [3.63, 3.8) is 0 Å². The number of methoxy groups -OCH3 is 1. The summed E-state index contributed by atoms with van der Waals surface area (Å²) in [7, 11) is 3.15. The van der Waals surface area contributed by atoms with Crippen LogP contribution >= 0.6 is 11.3 Å². The Hall–Kier alpha value is -3.66. The summed E-state index contributed by atoms with van der Waals surface area (Å²) in [5.41, 5.74) is 2.31. The molecular formula is C19H15FN6O2S. The molecule has 0 atom stereocenters. The van der Waals surface area contributed by atoms with E-state index < -0.39 is 5.91 Å². The number of nitrogens with one attached hydrogen (secondary N) is 1. The average molecular weight is 410 g/mol. The molecule has 1 amide bonds. The molecule has 10 heteroatoms. The van der Waals surface area contributed by atoms with Crippen LogP contribution in [0.4, 0.5) is 9.52 Å². The predicted molar refractivity (Wildman–Crippen MR) is 106 cm³/mol. The highest BCUT2D eigenvalue weighted by Gasteiger charge is 2.21. The number of halogens is 1. The van der Waals surface area contributed by atoms with E-state index in [2.05, 4.69) is 25.5 Å². The van der Waals surface area contributed by atoms with Gasteiger partial charge < -0.3 is 4.74 Å². The van der Waals surface area contributed by atoms with Crippen LogP contribution in [-0.2, 0) is 7.05 Å². The fourth-order valence-corrected chi connectivity index (χ4v) is 3.34. The van der Waals surface area contributed by atoms with Crippen LogP contribution in [0.25, 0.3) is 22.6 Å². The minimum absolute atomic E-state index is 0.121. The molecule has 0 radical (unpaired) electrons. The average Bonchev–Trinajstić information content (AvgIpc) is 3.35. The van der Waals surface area contributed by atoms with Gasteiger partial charge in [-0.1, -0.05) is 6.07 Å². The van der Waals surface area contributed by atoms with Crippen LogP contribution in [0.3, 0.4) is 0 Å². The standard InChI is InChI=1S/C19H15FN6O2S/c1-26-24-16(11-6-8-12(20)9-7-11)17(25-26)18(27)23-19-22-14(10-29-19)13-4-3-5-15(21-13)28-2/h3-10H,1-2H3,(H,22,23,27). The van der Waals surface area contributed by atoms with E-state index in [0.717, 1.165) is 0 Å². The summed E-state index contributed by atoms with van der Waals surface area (Å²) in [5.74, 6) is -0.355. The first-order valence-electron chi connectivity index (χ1n) is 8.49. The lowest BCUT2D eigenvalue weighted by molar-refractivity contribution is 0.102. The molecule has 3 aromatic heterocycles. The van der Waals surface area contributed by atoms with Crippen molar-refractivity contribution in [3.8, 4) is 28.5 Å². The number of pyridine rings is 1. The number of thiazole rings is 1. The molecule has 1 N–H and O–H groups in total. The molecule has 3 heterocycles. The molecule has 0 unspecified atom stereocenters. The number of anilines is 1. The first-order chi connectivity index (χ1) is 14.0. The number of amides is 1. The summed E-state index contributed by atoms with van der Waals surface area (Å²) in [6.45, 7) is 0. The van der Waals surface area contributed by atoms with Gasteiger partial charge in [-0.25, -0.2) is 14.4 Å². The second-order valence-corrected chi connectivity index (χ2v) is 6.81. The number of ether oxygens (including phenoxy) is 1. The minimum atomic E-state index is -0.461. The molecule has 0 aliphatic carbocycles. The van der Waals surface area contributed by atoms with Crippen molar-refractivity contribution in [3.05, 3.63) is 59.4 Å². The van der Waals surface area contributed by atoms with Crippen LogP contribution in [0.1, 0.15) is 10.5 Å². The molecule has 146 valence electrons. The Labute approximate surface area is 169 Å². The van der Waals surface area contributed by atoms with Crippen LogP contribution in [0.15, 0.2) is 47.8 Å². The molecule has 0 spiro atoms. The summed E-state index contributed by atoms with van der Waals surface area (Å²) < 4.78 is 18.3. The normalized spacial score (nSPS) is 10.7. The Morgan fingerprint density at radius 2 is 1.90 bits per heavy atom. The van der Waals surface area contributed by atoms with E-state index in [9.17, 15) is 9.18 Å². The van der Waals surface area contributed by atoms with Crippen LogP contribution in [0.2, 0.25) is 0 Å². The fourth-order valence-electron chi connectivity index (χ4n) is 2.64. The first kappa shape index (κ1) is 18.7. The van der Waals surface area contributed by atoms with E-state index in [0.29, 0.717) is 33.7 Å². The molecule has 0 saturated carbocycles. The van der Waals surface area contributed by atoms with E-state index in [-0.39, 0.29) is 11.5 Å². The van der Waals surface area contributed by atoms with Gasteiger partial charge in [0.1, 0.15) is 17.2 Å². The first-order valence-corrected chi connectivity index (χ1v) is 9.37. The van der Waals surface area contributed by atoms with Gasteiger partial charge >= 0.3 is 0 Å². The highest BCUT2D eigenvalue weighted by molar-refractivity contribution is 7.14. The Balaban J connectivity index is 1.58. The third kappa shape index (κ3) is 3.97. The molecule has 29 heavy (non-hydrogen) atoms. The van der Waals surface area contributed by atoms with Gasteiger partial charge in [-0.15, -0.1) is 16.4 Å². The third-order valence-electron chi connectivity index (χ3n) is 3.97. The minimum Gasteiger partial charge on any atom is -0.481 e. The van der Waals surface area contributed by atoms with Gasteiger partial charge in [-0.2, -0.15) is 9.90 Å². The second-order valence-electron chi connectivity index (χ2n) is 5.95. The van der Waals surface area contributed by atoms with Gasteiger partial charge in [0.2, 0.25) is 5.88 Å². The number of benzene rings is 1. The number of nitrogens with zero attached hydrogens (tertiary/aromatic N) is 5. The summed E-state index contributed by atoms with van der Waals surface area (Å²) in [6.07, 6.45) is 0. The molecular weight excluding hydrogens is 395 g/mol. The number of aryl methyl sites for hydroxylation is 1. The quantitative estimate of drug-likeness (QED) is 0.542. The smallest absolute Gasteiger partial charge is 0.280 e. The fraction of sp³-hybridized carbons (Fsp3) is 0.105. The molecule has 0 saturated heterocycles. The van der Waals surface area contributed by atoms with Gasteiger partial charge in [0.05, 0.1) is 12.8 Å². The zero-order valence-corrected chi connectivity index (χ0v) is 16.3. The summed E-state index contributed by atoms with van der Waals surface area (Å²) in [6, 6.07) is 11.1. The van der Waals surface area contributed by atoms with Crippen LogP contribution in [-0.4, -0.2) is 38.0 Å². The lowest BCUT2D eigenvalue weighted by Gasteiger charge is -2.02. The van der Waals surface area contributed by atoms with Crippen LogP contribution < -0.4 is 10.1 Å². The molecule has 1 aromatic carbocycles. The lowest BCUT2D eigenvalue weighted by atomic mass is 10.1. The monoisotopic (exact) mass is 410 g/mol. The largest absolute Gasteiger partial charge is 0.481 e. The van der Waals surface area contributed by atoms with E-state index in [4.69, 9.17) is 4.74 Å². The van der Waals surface area contributed by atoms with Crippen molar-refractivity contribution in [2.45, 2.75) is 0 Å². The topological polar surface area (TPSA) is 94.8 Å². The van der Waals surface area contributed by atoms with Crippen molar-refractivity contribution in [1.82, 2.24) is 25.0 Å². The summed E-state index contributed by atoms with van der Waals surface area (Å²) in [4.78, 5) is 22.8. The number of hydrogen-bond donors (Lipinski definition) is 1. The van der Waals surface area contributed by atoms with E-state index in [1.165, 1.54) is 28.3 Å². The van der Waals surface area contributed by atoms with Crippen LogP contribution in [0, 0.1) is 5.82 Å².